The summed E-state index contributed by atoms with van der Waals surface area (Å²) in [6.45, 7) is -0.505. The Labute approximate surface area is 147 Å². The molecule has 0 aliphatic heterocycles. The summed E-state index contributed by atoms with van der Waals surface area (Å²) >= 11 is 3.19. The number of nitrogens with one attached hydrogen (secondary N) is 2. The Hall–Kier alpha value is -1.97. The average molecular weight is 417 g/mol. The maximum absolute atomic E-state index is 13.1. The van der Waals surface area contributed by atoms with Crippen molar-refractivity contribution in [1.82, 2.24) is 4.72 Å². The number of rotatable bonds is 6. The Morgan fingerprint density at radius 3 is 2.67 bits per heavy atom. The summed E-state index contributed by atoms with van der Waals surface area (Å²) in [5, 5.41) is 2.40. The highest BCUT2D eigenvalue weighted by molar-refractivity contribution is 9.10. The van der Waals surface area contributed by atoms with E-state index in [1.165, 1.54) is 37.4 Å². The van der Waals surface area contributed by atoms with Crippen molar-refractivity contribution in [3.8, 4) is 5.75 Å². The van der Waals surface area contributed by atoms with Crippen molar-refractivity contribution in [2.45, 2.75) is 4.90 Å². The van der Waals surface area contributed by atoms with Gasteiger partial charge in [-0.2, -0.15) is 0 Å². The quantitative estimate of drug-likeness (QED) is 0.757. The summed E-state index contributed by atoms with van der Waals surface area (Å²) in [6.07, 6.45) is 0. The fourth-order valence-corrected chi connectivity index (χ4v) is 3.56. The van der Waals surface area contributed by atoms with Crippen LogP contribution >= 0.6 is 15.9 Å². The van der Waals surface area contributed by atoms with Crippen molar-refractivity contribution in [3.05, 3.63) is 52.8 Å². The predicted molar refractivity (Wildman–Crippen MR) is 90.9 cm³/mol. The van der Waals surface area contributed by atoms with Gasteiger partial charge in [0.25, 0.3) is 0 Å². The van der Waals surface area contributed by atoms with Gasteiger partial charge in [-0.25, -0.2) is 17.5 Å². The van der Waals surface area contributed by atoms with Gasteiger partial charge in [0.1, 0.15) is 16.5 Å². The normalized spacial score (nSPS) is 11.1. The molecule has 9 heteroatoms. The molecule has 0 saturated heterocycles. The number of amides is 1. The number of hydrogen-bond acceptors (Lipinski definition) is 4. The van der Waals surface area contributed by atoms with Crippen molar-refractivity contribution >= 4 is 37.5 Å². The maximum atomic E-state index is 13.1. The third kappa shape index (κ3) is 4.76. The van der Waals surface area contributed by atoms with Crippen LogP contribution in [0.3, 0.4) is 0 Å². The second kappa shape index (κ2) is 7.73. The minimum Gasteiger partial charge on any atom is -0.495 e. The number of benzene rings is 2. The predicted octanol–water partition coefficient (Wildman–Crippen LogP) is 2.51. The van der Waals surface area contributed by atoms with Gasteiger partial charge >= 0.3 is 0 Å². The first-order valence-corrected chi connectivity index (χ1v) is 8.98. The molecule has 0 bridgehead atoms. The molecule has 0 atom stereocenters. The lowest BCUT2D eigenvalue weighted by Crippen LogP contribution is -2.33. The topological polar surface area (TPSA) is 84.5 Å². The van der Waals surface area contributed by atoms with E-state index < -0.39 is 28.3 Å². The molecule has 1 amide bonds. The van der Waals surface area contributed by atoms with Gasteiger partial charge in [0.15, 0.2) is 0 Å². The minimum atomic E-state index is -3.96. The molecule has 0 saturated carbocycles. The molecule has 0 fully saturated rings. The number of carbonyl (C=O) groups excluding carboxylic acids is 1. The molecular formula is C15H14BrFN2O4S. The zero-order valence-corrected chi connectivity index (χ0v) is 14.9. The van der Waals surface area contributed by atoms with Crippen LogP contribution in [0.5, 0.6) is 5.75 Å². The van der Waals surface area contributed by atoms with E-state index in [1.54, 1.807) is 6.07 Å². The zero-order valence-electron chi connectivity index (χ0n) is 12.5. The number of sulfonamides is 1. The number of ether oxygens (including phenoxy) is 1. The molecule has 2 aromatic carbocycles. The lowest BCUT2D eigenvalue weighted by atomic mass is 10.3. The Bertz CT molecular complexity index is 858. The van der Waals surface area contributed by atoms with Crippen molar-refractivity contribution in [1.29, 1.82) is 0 Å². The highest BCUT2D eigenvalue weighted by atomic mass is 79.9. The third-order valence-corrected chi connectivity index (χ3v) is 4.86. The van der Waals surface area contributed by atoms with Gasteiger partial charge in [-0.15, -0.1) is 0 Å². The van der Waals surface area contributed by atoms with Crippen molar-refractivity contribution in [2.75, 3.05) is 19.0 Å². The van der Waals surface area contributed by atoms with Gasteiger partial charge in [-0.1, -0.05) is 22.0 Å². The Morgan fingerprint density at radius 1 is 1.25 bits per heavy atom. The van der Waals surface area contributed by atoms with E-state index in [-0.39, 0.29) is 16.3 Å². The van der Waals surface area contributed by atoms with Crippen LogP contribution in [0.4, 0.5) is 10.1 Å². The molecule has 6 nitrogen and oxygen atoms in total. The first-order valence-electron chi connectivity index (χ1n) is 6.70. The van der Waals surface area contributed by atoms with Crippen LogP contribution in [0, 0.1) is 5.82 Å². The molecule has 0 unspecified atom stereocenters. The zero-order chi connectivity index (χ0) is 17.7. The highest BCUT2D eigenvalue weighted by Gasteiger charge is 2.20. The van der Waals surface area contributed by atoms with Crippen LogP contribution in [0.2, 0.25) is 0 Å². The largest absolute Gasteiger partial charge is 0.495 e. The second-order valence-electron chi connectivity index (χ2n) is 4.68. The van der Waals surface area contributed by atoms with Gasteiger partial charge in [-0.3, -0.25) is 4.79 Å². The van der Waals surface area contributed by atoms with Gasteiger partial charge in [0, 0.05) is 10.2 Å². The molecule has 0 aromatic heterocycles. The number of hydrogen-bond donors (Lipinski definition) is 2. The van der Waals surface area contributed by atoms with Crippen molar-refractivity contribution < 1.29 is 22.3 Å². The first-order chi connectivity index (χ1) is 11.3. The second-order valence-corrected chi connectivity index (χ2v) is 7.33. The van der Waals surface area contributed by atoms with E-state index >= 15 is 0 Å². The van der Waals surface area contributed by atoms with E-state index in [0.29, 0.717) is 4.47 Å². The average Bonchev–Trinajstić information content (AvgIpc) is 2.53. The standard InChI is InChI=1S/C15H14BrFN2O4S/c1-23-13-6-5-10(16)7-14(13)24(21,22)18-9-15(20)19-12-4-2-3-11(17)8-12/h2-8,18H,9H2,1H3,(H,19,20). The van der Waals surface area contributed by atoms with Gasteiger partial charge < -0.3 is 10.1 Å². The van der Waals surface area contributed by atoms with E-state index in [9.17, 15) is 17.6 Å². The smallest absolute Gasteiger partial charge is 0.244 e. The van der Waals surface area contributed by atoms with Crippen LogP contribution in [0.25, 0.3) is 0 Å². The van der Waals surface area contributed by atoms with E-state index in [1.807, 2.05) is 0 Å². The highest BCUT2D eigenvalue weighted by Crippen LogP contribution is 2.26. The fraction of sp³-hybridized carbons (Fsp3) is 0.133. The molecule has 0 radical (unpaired) electrons. The van der Waals surface area contributed by atoms with Crippen molar-refractivity contribution in [3.63, 3.8) is 0 Å². The molecule has 24 heavy (non-hydrogen) atoms. The summed E-state index contributed by atoms with van der Waals surface area (Å²) in [7, 11) is -2.61. The lowest BCUT2D eigenvalue weighted by Gasteiger charge is -2.11. The summed E-state index contributed by atoms with van der Waals surface area (Å²) in [4.78, 5) is 11.7. The summed E-state index contributed by atoms with van der Waals surface area (Å²) in [5.74, 6) is -0.985. The van der Waals surface area contributed by atoms with Crippen LogP contribution in [0.15, 0.2) is 51.8 Å². The van der Waals surface area contributed by atoms with Crippen LogP contribution in [0.1, 0.15) is 0 Å². The van der Waals surface area contributed by atoms with Crippen LogP contribution in [-0.2, 0) is 14.8 Å². The van der Waals surface area contributed by atoms with E-state index in [2.05, 4.69) is 26.0 Å². The molecule has 0 aliphatic carbocycles. The molecule has 2 aromatic rings. The number of carbonyl (C=O) groups is 1. The SMILES string of the molecule is COc1ccc(Br)cc1S(=O)(=O)NCC(=O)Nc1cccc(F)c1. The van der Waals surface area contributed by atoms with E-state index in [0.717, 1.165) is 6.07 Å². The Morgan fingerprint density at radius 2 is 2.00 bits per heavy atom. The van der Waals surface area contributed by atoms with Crippen LogP contribution in [-0.4, -0.2) is 28.0 Å². The number of halogens is 2. The van der Waals surface area contributed by atoms with Gasteiger partial charge in [-0.05, 0) is 36.4 Å². The summed E-state index contributed by atoms with van der Waals surface area (Å²) < 4.78 is 45.4. The Balaban J connectivity index is 2.07. The summed E-state index contributed by atoms with van der Waals surface area (Å²) in [5.41, 5.74) is 0.235. The van der Waals surface area contributed by atoms with Gasteiger partial charge in [0.2, 0.25) is 15.9 Å². The van der Waals surface area contributed by atoms with Gasteiger partial charge in [0.05, 0.1) is 13.7 Å². The van der Waals surface area contributed by atoms with Crippen LogP contribution < -0.4 is 14.8 Å². The molecule has 128 valence electrons. The number of methoxy groups -OCH3 is 1. The molecule has 0 aliphatic rings. The summed E-state index contributed by atoms with van der Waals surface area (Å²) in [6, 6.07) is 9.78. The molecule has 2 rings (SSSR count). The molecule has 0 spiro atoms. The molecule has 0 heterocycles. The fourth-order valence-electron chi connectivity index (χ4n) is 1.87. The van der Waals surface area contributed by atoms with Crippen molar-refractivity contribution in [2.24, 2.45) is 0 Å². The molecule has 2 N–H and O–H groups in total. The lowest BCUT2D eigenvalue weighted by molar-refractivity contribution is -0.115. The first kappa shape index (κ1) is 18.4. The number of anilines is 1. The minimum absolute atomic E-state index is 0.0991. The monoisotopic (exact) mass is 416 g/mol. The maximum Gasteiger partial charge on any atom is 0.244 e. The Kier molecular flexibility index (Phi) is 5.92. The van der Waals surface area contributed by atoms with E-state index in [4.69, 9.17) is 4.74 Å². The third-order valence-electron chi connectivity index (χ3n) is 2.95. The molecular weight excluding hydrogens is 403 g/mol.